The van der Waals surface area contributed by atoms with Crippen molar-refractivity contribution in [1.29, 1.82) is 0 Å². The van der Waals surface area contributed by atoms with Crippen molar-refractivity contribution in [2.24, 2.45) is 0 Å². The predicted octanol–water partition coefficient (Wildman–Crippen LogP) is 3.87. The maximum absolute atomic E-state index is 13.9. The van der Waals surface area contributed by atoms with Gasteiger partial charge in [-0.05, 0) is 54.5 Å². The van der Waals surface area contributed by atoms with E-state index < -0.39 is 6.04 Å². The van der Waals surface area contributed by atoms with Crippen LogP contribution in [-0.4, -0.2) is 51.0 Å². The van der Waals surface area contributed by atoms with E-state index in [-0.39, 0.29) is 24.5 Å². The molecule has 9 heteroatoms. The number of carbonyl (C=O) groups excluding carboxylic acids is 2. The smallest absolute Gasteiger partial charge is 0.247 e. The zero-order chi connectivity index (χ0) is 24.9. The molecule has 1 aliphatic heterocycles. The number of carbonyl (C=O) groups is 2. The summed E-state index contributed by atoms with van der Waals surface area (Å²) in [5.74, 6) is -0.423. The number of benzene rings is 2. The van der Waals surface area contributed by atoms with Gasteiger partial charge in [0.05, 0.1) is 18.2 Å². The van der Waals surface area contributed by atoms with Crippen LogP contribution in [0.4, 0.5) is 0 Å². The predicted molar refractivity (Wildman–Crippen MR) is 138 cm³/mol. The fraction of sp³-hybridized carbons (Fsp3) is 0.333. The third-order valence-electron chi connectivity index (χ3n) is 6.50. The first-order valence-corrected chi connectivity index (χ1v) is 13.0. The third-order valence-corrected chi connectivity index (χ3v) is 7.36. The number of aryl methyl sites for hydroxylation is 1. The molecule has 5 rings (SSSR count). The average Bonchev–Trinajstić information content (AvgIpc) is 3.67. The van der Waals surface area contributed by atoms with E-state index in [1.165, 1.54) is 0 Å². The zero-order valence-electron chi connectivity index (χ0n) is 20.2. The molecule has 0 unspecified atom stereocenters. The Labute approximate surface area is 213 Å². The summed E-state index contributed by atoms with van der Waals surface area (Å²) in [5, 5.41) is 13.4. The van der Waals surface area contributed by atoms with E-state index in [0.29, 0.717) is 13.1 Å². The van der Waals surface area contributed by atoms with Crippen LogP contribution in [0.25, 0.3) is 11.0 Å². The van der Waals surface area contributed by atoms with Crippen LogP contribution in [0.2, 0.25) is 0 Å². The fourth-order valence-corrected chi connectivity index (χ4v) is 5.31. The highest BCUT2D eigenvalue weighted by atomic mass is 32.1. The third kappa shape index (κ3) is 5.32. The van der Waals surface area contributed by atoms with Crippen molar-refractivity contribution in [2.45, 2.75) is 45.0 Å². The normalized spacial score (nSPS) is 16.2. The molecule has 3 heterocycles. The molecule has 186 valence electrons. The standard InChI is InChI=1S/C27H29N5O3S/c1-19-8-2-3-11-22(19)26(27(34)28-16-20-9-6-14-35-20)31(17-21-10-7-15-36-21)25(33)18-32-24-13-5-4-12-23(24)29-30-32/h2-5,7-8,10-13,15,20,26H,6,9,14,16-18H2,1H3,(H,28,34)/t20-,26-/m1/s1. The van der Waals surface area contributed by atoms with Gasteiger partial charge >= 0.3 is 0 Å². The Bertz CT molecular complexity index is 1330. The molecule has 1 N–H and O–H groups in total. The number of nitrogens with one attached hydrogen (secondary N) is 1. The van der Waals surface area contributed by atoms with E-state index in [4.69, 9.17) is 4.74 Å². The first-order valence-electron chi connectivity index (χ1n) is 12.1. The molecule has 1 fully saturated rings. The number of amides is 2. The summed E-state index contributed by atoms with van der Waals surface area (Å²) < 4.78 is 7.30. The number of hydrogen-bond acceptors (Lipinski definition) is 6. The van der Waals surface area contributed by atoms with Gasteiger partial charge in [-0.1, -0.05) is 47.7 Å². The highest BCUT2D eigenvalue weighted by molar-refractivity contribution is 7.09. The molecule has 8 nitrogen and oxygen atoms in total. The van der Waals surface area contributed by atoms with E-state index in [1.54, 1.807) is 20.9 Å². The molecule has 4 aromatic rings. The molecule has 2 amide bonds. The summed E-state index contributed by atoms with van der Waals surface area (Å²) in [6, 6.07) is 18.4. The lowest BCUT2D eigenvalue weighted by Gasteiger charge is -2.32. The number of ether oxygens (including phenoxy) is 1. The lowest BCUT2D eigenvalue weighted by molar-refractivity contribution is -0.142. The van der Waals surface area contributed by atoms with Gasteiger partial charge in [0.2, 0.25) is 11.8 Å². The Morgan fingerprint density at radius 1 is 1.17 bits per heavy atom. The second kappa shape index (κ2) is 11.0. The van der Waals surface area contributed by atoms with Crippen molar-refractivity contribution in [2.75, 3.05) is 13.2 Å². The molecule has 0 radical (unpaired) electrons. The topological polar surface area (TPSA) is 89.4 Å². The van der Waals surface area contributed by atoms with Gasteiger partial charge in [0, 0.05) is 18.0 Å². The number of rotatable bonds is 9. The Hall–Kier alpha value is -3.56. The van der Waals surface area contributed by atoms with Crippen LogP contribution in [0.3, 0.4) is 0 Å². The Kier molecular flexibility index (Phi) is 7.39. The minimum Gasteiger partial charge on any atom is -0.376 e. The van der Waals surface area contributed by atoms with E-state index in [2.05, 4.69) is 15.6 Å². The van der Waals surface area contributed by atoms with Crippen molar-refractivity contribution in [1.82, 2.24) is 25.2 Å². The largest absolute Gasteiger partial charge is 0.376 e. The Morgan fingerprint density at radius 2 is 2.00 bits per heavy atom. The van der Waals surface area contributed by atoms with Gasteiger partial charge in [-0.25, -0.2) is 4.68 Å². The summed E-state index contributed by atoms with van der Waals surface area (Å²) in [5.41, 5.74) is 3.25. The number of thiophene rings is 1. The van der Waals surface area contributed by atoms with Crippen LogP contribution in [-0.2, 0) is 27.4 Å². The van der Waals surface area contributed by atoms with Gasteiger partial charge < -0.3 is 15.0 Å². The Morgan fingerprint density at radius 3 is 2.78 bits per heavy atom. The van der Waals surface area contributed by atoms with E-state index >= 15 is 0 Å². The molecule has 36 heavy (non-hydrogen) atoms. The molecular formula is C27H29N5O3S. The van der Waals surface area contributed by atoms with Crippen molar-refractivity contribution in [3.63, 3.8) is 0 Å². The summed E-state index contributed by atoms with van der Waals surface area (Å²) in [4.78, 5) is 30.3. The van der Waals surface area contributed by atoms with E-state index in [1.807, 2.05) is 73.0 Å². The van der Waals surface area contributed by atoms with Crippen LogP contribution < -0.4 is 5.32 Å². The number of para-hydroxylation sites is 1. The van der Waals surface area contributed by atoms with Gasteiger partial charge in [0.1, 0.15) is 18.1 Å². The second-order valence-electron chi connectivity index (χ2n) is 8.98. The van der Waals surface area contributed by atoms with Gasteiger partial charge in [0.15, 0.2) is 0 Å². The quantitative estimate of drug-likeness (QED) is 0.375. The number of nitrogens with zero attached hydrogens (tertiary/aromatic N) is 4. The van der Waals surface area contributed by atoms with Crippen LogP contribution in [0.1, 0.15) is 34.9 Å². The maximum Gasteiger partial charge on any atom is 0.247 e. The molecule has 1 aliphatic rings. The molecule has 0 aliphatic carbocycles. The highest BCUT2D eigenvalue weighted by Crippen LogP contribution is 2.28. The first-order chi connectivity index (χ1) is 17.6. The molecule has 2 atom stereocenters. The molecule has 2 aromatic carbocycles. The molecule has 0 bridgehead atoms. The lowest BCUT2D eigenvalue weighted by atomic mass is 9.98. The van der Waals surface area contributed by atoms with Crippen LogP contribution >= 0.6 is 11.3 Å². The summed E-state index contributed by atoms with van der Waals surface area (Å²) >= 11 is 1.56. The van der Waals surface area contributed by atoms with Crippen LogP contribution in [0.15, 0.2) is 66.0 Å². The van der Waals surface area contributed by atoms with Gasteiger partial charge in [0.25, 0.3) is 0 Å². The van der Waals surface area contributed by atoms with E-state index in [9.17, 15) is 9.59 Å². The molecule has 0 spiro atoms. The highest BCUT2D eigenvalue weighted by Gasteiger charge is 2.33. The lowest BCUT2D eigenvalue weighted by Crippen LogP contribution is -2.46. The second-order valence-corrected chi connectivity index (χ2v) is 10.0. The Balaban J connectivity index is 1.48. The molecule has 1 saturated heterocycles. The number of fused-ring (bicyclic) bond motifs is 1. The monoisotopic (exact) mass is 503 g/mol. The van der Waals surface area contributed by atoms with Crippen molar-refractivity contribution in [3.8, 4) is 0 Å². The summed E-state index contributed by atoms with van der Waals surface area (Å²) in [6.07, 6.45) is 1.93. The van der Waals surface area contributed by atoms with Gasteiger partial charge in [-0.2, -0.15) is 0 Å². The molecular weight excluding hydrogens is 474 g/mol. The minimum absolute atomic E-state index is 0.00873. The first kappa shape index (κ1) is 24.1. The number of hydrogen-bond donors (Lipinski definition) is 1. The zero-order valence-corrected chi connectivity index (χ0v) is 21.0. The van der Waals surface area contributed by atoms with Gasteiger partial charge in [-0.15, -0.1) is 16.4 Å². The van der Waals surface area contributed by atoms with Crippen LogP contribution in [0.5, 0.6) is 0 Å². The van der Waals surface area contributed by atoms with Crippen molar-refractivity contribution in [3.05, 3.63) is 82.0 Å². The van der Waals surface area contributed by atoms with Crippen molar-refractivity contribution >= 4 is 34.2 Å². The molecule has 2 aromatic heterocycles. The summed E-state index contributed by atoms with van der Waals surface area (Å²) in [7, 11) is 0. The van der Waals surface area contributed by atoms with Crippen molar-refractivity contribution < 1.29 is 14.3 Å². The SMILES string of the molecule is Cc1ccccc1[C@H](C(=O)NC[C@H]1CCCO1)N(Cc1cccs1)C(=O)Cn1nnc2ccccc21. The molecule has 0 saturated carbocycles. The average molecular weight is 504 g/mol. The van der Waals surface area contributed by atoms with Crippen LogP contribution in [0, 0.1) is 6.92 Å². The van der Waals surface area contributed by atoms with Gasteiger partial charge in [-0.3, -0.25) is 9.59 Å². The minimum atomic E-state index is -0.794. The summed E-state index contributed by atoms with van der Waals surface area (Å²) in [6.45, 7) is 3.41. The number of aromatic nitrogens is 3. The maximum atomic E-state index is 13.9. The fourth-order valence-electron chi connectivity index (χ4n) is 4.61. The van der Waals surface area contributed by atoms with E-state index in [0.717, 1.165) is 46.5 Å².